The van der Waals surface area contributed by atoms with Crippen molar-refractivity contribution in [2.45, 2.75) is 46.0 Å². The van der Waals surface area contributed by atoms with Crippen LogP contribution in [0.15, 0.2) is 35.2 Å². The van der Waals surface area contributed by atoms with Crippen LogP contribution >= 0.6 is 11.3 Å². The van der Waals surface area contributed by atoms with Crippen molar-refractivity contribution >= 4 is 28.5 Å². The fourth-order valence-electron chi connectivity index (χ4n) is 3.16. The number of allylic oxidation sites excluding steroid dienone is 2. The van der Waals surface area contributed by atoms with Crippen LogP contribution in [0.5, 0.6) is 0 Å². The van der Waals surface area contributed by atoms with Crippen LogP contribution in [0.1, 0.15) is 51.0 Å². The van der Waals surface area contributed by atoms with Crippen LogP contribution in [0.4, 0.5) is 5.69 Å². The van der Waals surface area contributed by atoms with Crippen LogP contribution in [0.3, 0.4) is 0 Å². The standard InChI is InChI=1S/C21H23N3OS/c1-14(2)11-20(25)23-17-9-7-16(8-10-17)19-13-26-21(24-19)18(12-22)15-5-3-4-6-15/h7-10,13-14H,3-6,11H2,1-2H3,(H,23,25). The summed E-state index contributed by atoms with van der Waals surface area (Å²) >= 11 is 1.52. The summed E-state index contributed by atoms with van der Waals surface area (Å²) in [5.74, 6) is 0.372. The van der Waals surface area contributed by atoms with Gasteiger partial charge in [0.15, 0.2) is 0 Å². The number of carbonyl (C=O) groups excluding carboxylic acids is 1. The molecule has 1 aromatic carbocycles. The first-order chi connectivity index (χ1) is 12.6. The summed E-state index contributed by atoms with van der Waals surface area (Å²) in [7, 11) is 0. The number of hydrogen-bond acceptors (Lipinski definition) is 4. The number of nitriles is 1. The van der Waals surface area contributed by atoms with Gasteiger partial charge in [-0.05, 0) is 49.3 Å². The van der Waals surface area contributed by atoms with Crippen LogP contribution in [-0.2, 0) is 4.79 Å². The van der Waals surface area contributed by atoms with E-state index >= 15 is 0 Å². The minimum absolute atomic E-state index is 0.0329. The molecule has 1 amide bonds. The van der Waals surface area contributed by atoms with Gasteiger partial charge in [0, 0.05) is 23.1 Å². The molecular formula is C21H23N3OS. The van der Waals surface area contributed by atoms with E-state index in [1.807, 2.05) is 43.5 Å². The van der Waals surface area contributed by atoms with Crippen molar-refractivity contribution in [3.05, 3.63) is 40.2 Å². The number of nitrogens with zero attached hydrogens (tertiary/aromatic N) is 2. The number of carbonyl (C=O) groups is 1. The second-order valence-electron chi connectivity index (χ2n) is 7.06. The molecule has 0 atom stereocenters. The molecule has 1 heterocycles. The maximum Gasteiger partial charge on any atom is 0.224 e. The summed E-state index contributed by atoms with van der Waals surface area (Å²) in [6.07, 6.45) is 4.89. The van der Waals surface area contributed by atoms with Gasteiger partial charge < -0.3 is 5.32 Å². The highest BCUT2D eigenvalue weighted by molar-refractivity contribution is 7.11. The number of rotatable bonds is 5. The van der Waals surface area contributed by atoms with Crippen LogP contribution < -0.4 is 5.32 Å². The molecule has 0 bridgehead atoms. The summed E-state index contributed by atoms with van der Waals surface area (Å²) in [5.41, 5.74) is 4.66. The fourth-order valence-corrected chi connectivity index (χ4v) is 4.03. The lowest BCUT2D eigenvalue weighted by molar-refractivity contribution is -0.116. The smallest absolute Gasteiger partial charge is 0.224 e. The van der Waals surface area contributed by atoms with Gasteiger partial charge in [-0.25, -0.2) is 4.98 Å². The second-order valence-corrected chi connectivity index (χ2v) is 7.92. The van der Waals surface area contributed by atoms with Crippen molar-refractivity contribution in [2.75, 3.05) is 5.32 Å². The summed E-state index contributed by atoms with van der Waals surface area (Å²) in [5, 5.41) is 15.2. The molecular weight excluding hydrogens is 342 g/mol. The molecule has 1 aromatic heterocycles. The first-order valence-corrected chi connectivity index (χ1v) is 9.93. The Morgan fingerprint density at radius 2 is 1.96 bits per heavy atom. The van der Waals surface area contributed by atoms with E-state index in [0.717, 1.165) is 40.4 Å². The van der Waals surface area contributed by atoms with E-state index in [9.17, 15) is 10.1 Å². The Kier molecular flexibility index (Phi) is 5.85. The molecule has 1 saturated carbocycles. The van der Waals surface area contributed by atoms with Gasteiger partial charge in [0.25, 0.3) is 0 Å². The Balaban J connectivity index is 1.74. The van der Waals surface area contributed by atoms with Crippen LogP contribution in [0, 0.1) is 17.2 Å². The zero-order valence-electron chi connectivity index (χ0n) is 15.2. The van der Waals surface area contributed by atoms with Crippen molar-refractivity contribution in [3.63, 3.8) is 0 Å². The first-order valence-electron chi connectivity index (χ1n) is 9.05. The Labute approximate surface area is 158 Å². The fraction of sp³-hybridized carbons (Fsp3) is 0.381. The zero-order chi connectivity index (χ0) is 18.5. The quantitative estimate of drug-likeness (QED) is 0.697. The lowest BCUT2D eigenvalue weighted by Gasteiger charge is -2.07. The van der Waals surface area contributed by atoms with Gasteiger partial charge in [-0.3, -0.25) is 4.79 Å². The van der Waals surface area contributed by atoms with E-state index < -0.39 is 0 Å². The zero-order valence-corrected chi connectivity index (χ0v) is 16.0. The third-order valence-electron chi connectivity index (χ3n) is 4.45. The van der Waals surface area contributed by atoms with Crippen molar-refractivity contribution in [2.24, 2.45) is 5.92 Å². The first kappa shape index (κ1) is 18.3. The number of aromatic nitrogens is 1. The molecule has 0 spiro atoms. The van der Waals surface area contributed by atoms with Gasteiger partial charge in [0.1, 0.15) is 11.1 Å². The number of anilines is 1. The number of hydrogen-bond donors (Lipinski definition) is 1. The molecule has 0 saturated heterocycles. The molecule has 1 aliphatic rings. The van der Waals surface area contributed by atoms with E-state index in [0.29, 0.717) is 12.3 Å². The van der Waals surface area contributed by atoms with Crippen LogP contribution in [0.2, 0.25) is 0 Å². The maximum absolute atomic E-state index is 11.9. The van der Waals surface area contributed by atoms with E-state index in [-0.39, 0.29) is 5.91 Å². The minimum Gasteiger partial charge on any atom is -0.326 e. The maximum atomic E-state index is 11.9. The highest BCUT2D eigenvalue weighted by Crippen LogP contribution is 2.34. The largest absolute Gasteiger partial charge is 0.326 e. The minimum atomic E-state index is 0.0329. The van der Waals surface area contributed by atoms with Gasteiger partial charge in [-0.15, -0.1) is 11.3 Å². The predicted molar refractivity (Wildman–Crippen MR) is 107 cm³/mol. The molecule has 0 aliphatic heterocycles. The highest BCUT2D eigenvalue weighted by atomic mass is 32.1. The third kappa shape index (κ3) is 4.39. The molecule has 5 heteroatoms. The van der Waals surface area contributed by atoms with Gasteiger partial charge in [-0.2, -0.15) is 5.26 Å². The lowest BCUT2D eigenvalue weighted by Crippen LogP contribution is -2.13. The third-order valence-corrected chi connectivity index (χ3v) is 5.31. The summed E-state index contributed by atoms with van der Waals surface area (Å²) in [4.78, 5) is 16.5. The summed E-state index contributed by atoms with van der Waals surface area (Å²) in [6, 6.07) is 10.1. The average molecular weight is 366 g/mol. The van der Waals surface area contributed by atoms with Crippen molar-refractivity contribution in [3.8, 4) is 17.3 Å². The van der Waals surface area contributed by atoms with Crippen molar-refractivity contribution in [1.82, 2.24) is 4.98 Å². The highest BCUT2D eigenvalue weighted by Gasteiger charge is 2.17. The molecule has 0 unspecified atom stereocenters. The van der Waals surface area contributed by atoms with E-state index in [1.54, 1.807) is 0 Å². The number of nitrogens with one attached hydrogen (secondary N) is 1. The summed E-state index contributed by atoms with van der Waals surface area (Å²) < 4.78 is 0. The Morgan fingerprint density at radius 1 is 1.27 bits per heavy atom. The predicted octanol–water partition coefficient (Wildman–Crippen LogP) is 5.65. The molecule has 2 aromatic rings. The van der Waals surface area contributed by atoms with Crippen LogP contribution in [-0.4, -0.2) is 10.9 Å². The molecule has 3 rings (SSSR count). The topological polar surface area (TPSA) is 65.8 Å². The molecule has 0 radical (unpaired) electrons. The monoisotopic (exact) mass is 365 g/mol. The number of amides is 1. The molecule has 4 nitrogen and oxygen atoms in total. The van der Waals surface area contributed by atoms with Crippen molar-refractivity contribution < 1.29 is 4.79 Å². The molecule has 1 fully saturated rings. The van der Waals surface area contributed by atoms with Crippen LogP contribution in [0.25, 0.3) is 16.8 Å². The molecule has 1 N–H and O–H groups in total. The molecule has 1 aliphatic carbocycles. The number of thiazole rings is 1. The van der Waals surface area contributed by atoms with Gasteiger partial charge in [-0.1, -0.05) is 26.0 Å². The Bertz CT molecular complexity index is 848. The number of benzene rings is 1. The molecule has 26 heavy (non-hydrogen) atoms. The molecule has 134 valence electrons. The summed E-state index contributed by atoms with van der Waals surface area (Å²) in [6.45, 7) is 4.05. The van der Waals surface area contributed by atoms with Gasteiger partial charge in [0.05, 0.1) is 11.3 Å². The normalized spacial score (nSPS) is 13.7. The van der Waals surface area contributed by atoms with Crippen molar-refractivity contribution in [1.29, 1.82) is 5.26 Å². The Hall–Kier alpha value is -2.45. The van der Waals surface area contributed by atoms with Gasteiger partial charge in [0.2, 0.25) is 5.91 Å². The van der Waals surface area contributed by atoms with Gasteiger partial charge >= 0.3 is 0 Å². The SMILES string of the molecule is CC(C)CC(=O)Nc1ccc(-c2csc(C(C#N)=C3CCCC3)n2)cc1. The second kappa shape index (κ2) is 8.29. The average Bonchev–Trinajstić information content (AvgIpc) is 3.28. The van der Waals surface area contributed by atoms with E-state index in [1.165, 1.54) is 29.8 Å². The van der Waals surface area contributed by atoms with E-state index in [2.05, 4.69) is 16.4 Å². The van der Waals surface area contributed by atoms with E-state index in [4.69, 9.17) is 0 Å². The lowest BCUT2D eigenvalue weighted by atomic mass is 10.1. The Morgan fingerprint density at radius 3 is 2.58 bits per heavy atom.